The minimum atomic E-state index is -0.0608. The van der Waals surface area contributed by atoms with Crippen LogP contribution in [0, 0.1) is 0 Å². The Kier molecular flexibility index (Phi) is 5.44. The van der Waals surface area contributed by atoms with Gasteiger partial charge in [-0.05, 0) is 24.1 Å². The number of rotatable bonds is 4. The lowest BCUT2D eigenvalue weighted by molar-refractivity contribution is 0.148. The quantitative estimate of drug-likeness (QED) is 0.903. The van der Waals surface area contributed by atoms with Gasteiger partial charge in [-0.25, -0.2) is 4.79 Å². The van der Waals surface area contributed by atoms with Crippen LogP contribution in [0.2, 0.25) is 0 Å². The minimum Gasteiger partial charge on any atom is -0.486 e. The van der Waals surface area contributed by atoms with E-state index in [9.17, 15) is 4.79 Å². The van der Waals surface area contributed by atoms with Gasteiger partial charge in [0.25, 0.3) is 0 Å². The topological polar surface area (TPSA) is 54.0 Å². The van der Waals surface area contributed by atoms with Gasteiger partial charge in [-0.15, -0.1) is 0 Å². The second-order valence-corrected chi connectivity index (χ2v) is 6.85. The first-order valence-corrected chi connectivity index (χ1v) is 9.50. The lowest BCUT2D eigenvalue weighted by Crippen LogP contribution is -2.50. The molecule has 6 heteroatoms. The van der Waals surface area contributed by atoms with Crippen LogP contribution in [0.15, 0.2) is 48.5 Å². The second kappa shape index (κ2) is 8.31. The number of nitrogens with zero attached hydrogens (tertiary/aromatic N) is 2. The van der Waals surface area contributed by atoms with Gasteiger partial charge < -0.3 is 19.7 Å². The minimum absolute atomic E-state index is 0.0608. The molecule has 0 aliphatic carbocycles. The highest BCUT2D eigenvalue weighted by molar-refractivity contribution is 5.89. The Hall–Kier alpha value is -2.73. The molecule has 1 saturated heterocycles. The molecule has 2 heterocycles. The van der Waals surface area contributed by atoms with Crippen molar-refractivity contribution in [2.75, 3.05) is 51.3 Å². The highest BCUT2D eigenvalue weighted by atomic mass is 16.6. The number of carbonyl (C=O) groups excluding carboxylic acids is 1. The van der Waals surface area contributed by atoms with Crippen molar-refractivity contribution in [3.63, 3.8) is 0 Å². The first kappa shape index (κ1) is 17.7. The molecule has 0 atom stereocenters. The predicted molar refractivity (Wildman–Crippen MR) is 105 cm³/mol. The maximum absolute atomic E-state index is 12.5. The number of hydrogen-bond donors (Lipinski definition) is 1. The fraction of sp³-hybridized carbons (Fsp3) is 0.381. The zero-order chi connectivity index (χ0) is 18.5. The average molecular weight is 367 g/mol. The van der Waals surface area contributed by atoms with E-state index in [0.717, 1.165) is 50.6 Å². The summed E-state index contributed by atoms with van der Waals surface area (Å²) in [6.07, 6.45) is 1.05. The lowest BCUT2D eigenvalue weighted by Gasteiger charge is -2.34. The number of piperazine rings is 1. The second-order valence-electron chi connectivity index (χ2n) is 6.85. The van der Waals surface area contributed by atoms with Crippen molar-refractivity contribution in [2.45, 2.75) is 6.42 Å². The third-order valence-corrected chi connectivity index (χ3v) is 5.01. The van der Waals surface area contributed by atoms with Crippen LogP contribution in [-0.2, 0) is 6.42 Å². The number of anilines is 1. The molecule has 0 saturated carbocycles. The molecule has 1 fully saturated rings. The summed E-state index contributed by atoms with van der Waals surface area (Å²) in [6, 6.07) is 16.0. The monoisotopic (exact) mass is 367 g/mol. The zero-order valence-electron chi connectivity index (χ0n) is 15.4. The summed E-state index contributed by atoms with van der Waals surface area (Å²) in [6.45, 7) is 5.42. The SMILES string of the molecule is O=C(Nc1ccc2c(c1)OCCO2)N1CCN(CCc2ccccc2)CC1. The predicted octanol–water partition coefficient (Wildman–Crippen LogP) is 2.85. The van der Waals surface area contributed by atoms with Crippen LogP contribution in [0.25, 0.3) is 0 Å². The van der Waals surface area contributed by atoms with Gasteiger partial charge in [-0.3, -0.25) is 4.90 Å². The molecule has 0 radical (unpaired) electrons. The summed E-state index contributed by atoms with van der Waals surface area (Å²) in [5, 5.41) is 2.97. The molecule has 0 bridgehead atoms. The molecule has 2 amide bonds. The van der Waals surface area contributed by atoms with E-state index in [4.69, 9.17) is 9.47 Å². The molecule has 1 N–H and O–H groups in total. The molecule has 27 heavy (non-hydrogen) atoms. The van der Waals surface area contributed by atoms with Gasteiger partial charge in [0.1, 0.15) is 13.2 Å². The summed E-state index contributed by atoms with van der Waals surface area (Å²) in [5.41, 5.74) is 2.09. The van der Waals surface area contributed by atoms with Crippen LogP contribution >= 0.6 is 0 Å². The number of nitrogens with one attached hydrogen (secondary N) is 1. The Morgan fingerprint density at radius 3 is 2.44 bits per heavy atom. The van der Waals surface area contributed by atoms with Crippen LogP contribution in [0.4, 0.5) is 10.5 Å². The molecule has 2 aromatic carbocycles. The number of amides is 2. The Balaban J connectivity index is 1.25. The molecule has 142 valence electrons. The van der Waals surface area contributed by atoms with Crippen LogP contribution in [0.5, 0.6) is 11.5 Å². The van der Waals surface area contributed by atoms with Gasteiger partial charge in [-0.1, -0.05) is 30.3 Å². The van der Waals surface area contributed by atoms with Crippen molar-refractivity contribution >= 4 is 11.7 Å². The van der Waals surface area contributed by atoms with Crippen molar-refractivity contribution in [3.05, 3.63) is 54.1 Å². The van der Waals surface area contributed by atoms with E-state index < -0.39 is 0 Å². The van der Waals surface area contributed by atoms with Crippen molar-refractivity contribution in [1.82, 2.24) is 9.80 Å². The Bertz CT molecular complexity index is 773. The molecule has 2 aliphatic heterocycles. The number of fused-ring (bicyclic) bond motifs is 1. The van der Waals surface area contributed by atoms with Crippen molar-refractivity contribution in [2.24, 2.45) is 0 Å². The van der Waals surface area contributed by atoms with Crippen LogP contribution in [-0.4, -0.2) is 61.8 Å². The van der Waals surface area contributed by atoms with Crippen LogP contribution < -0.4 is 14.8 Å². The van der Waals surface area contributed by atoms with Crippen molar-refractivity contribution in [3.8, 4) is 11.5 Å². The highest BCUT2D eigenvalue weighted by Crippen LogP contribution is 2.32. The van der Waals surface area contributed by atoms with Gasteiger partial charge in [-0.2, -0.15) is 0 Å². The van der Waals surface area contributed by atoms with Gasteiger partial charge in [0.05, 0.1) is 0 Å². The Morgan fingerprint density at radius 1 is 0.926 bits per heavy atom. The fourth-order valence-corrected chi connectivity index (χ4v) is 3.43. The van der Waals surface area contributed by atoms with Gasteiger partial charge in [0.2, 0.25) is 0 Å². The fourth-order valence-electron chi connectivity index (χ4n) is 3.43. The molecule has 0 unspecified atom stereocenters. The first-order chi connectivity index (χ1) is 13.3. The van der Waals surface area contributed by atoms with E-state index in [1.165, 1.54) is 5.56 Å². The van der Waals surface area contributed by atoms with Gasteiger partial charge in [0.15, 0.2) is 11.5 Å². The first-order valence-electron chi connectivity index (χ1n) is 9.50. The average Bonchev–Trinajstić information content (AvgIpc) is 2.73. The number of benzene rings is 2. The number of urea groups is 1. The van der Waals surface area contributed by atoms with E-state index in [1.54, 1.807) is 0 Å². The summed E-state index contributed by atoms with van der Waals surface area (Å²) in [4.78, 5) is 16.8. The van der Waals surface area contributed by atoms with Crippen LogP contribution in [0.1, 0.15) is 5.56 Å². The molecule has 6 nitrogen and oxygen atoms in total. The van der Waals surface area contributed by atoms with Crippen LogP contribution in [0.3, 0.4) is 0 Å². The normalized spacial score (nSPS) is 16.8. The molecular weight excluding hydrogens is 342 g/mol. The number of carbonyl (C=O) groups is 1. The Labute approximate surface area is 159 Å². The summed E-state index contributed by atoms with van der Waals surface area (Å²) in [5.74, 6) is 1.41. The summed E-state index contributed by atoms with van der Waals surface area (Å²) >= 11 is 0. The molecule has 4 rings (SSSR count). The van der Waals surface area contributed by atoms with Gasteiger partial charge in [0, 0.05) is 44.5 Å². The van der Waals surface area contributed by atoms with E-state index in [1.807, 2.05) is 29.2 Å². The smallest absolute Gasteiger partial charge is 0.321 e. The van der Waals surface area contributed by atoms with Gasteiger partial charge >= 0.3 is 6.03 Å². The molecular formula is C21H25N3O3. The van der Waals surface area contributed by atoms with E-state index >= 15 is 0 Å². The standard InChI is InChI=1S/C21H25N3O3/c25-21(22-18-6-7-19-20(16-18)27-15-14-26-19)24-12-10-23(11-13-24)9-8-17-4-2-1-3-5-17/h1-7,16H,8-15H2,(H,22,25). The summed E-state index contributed by atoms with van der Waals surface area (Å²) < 4.78 is 11.1. The summed E-state index contributed by atoms with van der Waals surface area (Å²) in [7, 11) is 0. The third-order valence-electron chi connectivity index (χ3n) is 5.01. The zero-order valence-corrected chi connectivity index (χ0v) is 15.4. The highest BCUT2D eigenvalue weighted by Gasteiger charge is 2.21. The molecule has 0 aromatic heterocycles. The molecule has 0 spiro atoms. The molecule has 2 aliphatic rings. The number of ether oxygens (including phenoxy) is 2. The lowest BCUT2D eigenvalue weighted by atomic mass is 10.1. The maximum Gasteiger partial charge on any atom is 0.321 e. The molecule has 2 aromatic rings. The third kappa shape index (κ3) is 4.52. The largest absolute Gasteiger partial charge is 0.486 e. The number of hydrogen-bond acceptors (Lipinski definition) is 4. The van der Waals surface area contributed by atoms with E-state index in [-0.39, 0.29) is 6.03 Å². The Morgan fingerprint density at radius 2 is 1.67 bits per heavy atom. The maximum atomic E-state index is 12.5. The van der Waals surface area contributed by atoms with E-state index in [2.05, 4.69) is 34.5 Å². The van der Waals surface area contributed by atoms with E-state index in [0.29, 0.717) is 19.0 Å². The van der Waals surface area contributed by atoms with Crippen molar-refractivity contribution in [1.29, 1.82) is 0 Å². The van der Waals surface area contributed by atoms with Crippen molar-refractivity contribution < 1.29 is 14.3 Å².